The maximum absolute atomic E-state index is 12.2. The van der Waals surface area contributed by atoms with E-state index in [0.29, 0.717) is 11.2 Å². The van der Waals surface area contributed by atoms with Crippen LogP contribution in [0.1, 0.15) is 58.9 Å². The van der Waals surface area contributed by atoms with Crippen LogP contribution in [0.15, 0.2) is 17.2 Å². The van der Waals surface area contributed by atoms with E-state index in [2.05, 4.69) is 17.2 Å². The van der Waals surface area contributed by atoms with Gasteiger partial charge in [0.1, 0.15) is 0 Å². The van der Waals surface area contributed by atoms with Gasteiger partial charge in [-0.3, -0.25) is 4.79 Å². The second kappa shape index (κ2) is 5.76. The zero-order chi connectivity index (χ0) is 13.9. The fourth-order valence-electron chi connectivity index (χ4n) is 2.83. The van der Waals surface area contributed by atoms with E-state index in [0.717, 1.165) is 6.54 Å². The normalized spacial score (nSPS) is 18.5. The van der Waals surface area contributed by atoms with Crippen molar-refractivity contribution in [3.63, 3.8) is 0 Å². The molecular weight excluding hydrogens is 238 g/mol. The molecule has 1 aliphatic rings. The maximum Gasteiger partial charge on any atom is 0.293 e. The van der Waals surface area contributed by atoms with E-state index in [9.17, 15) is 4.79 Å². The van der Waals surface area contributed by atoms with Crippen molar-refractivity contribution in [1.29, 1.82) is 0 Å². The van der Waals surface area contributed by atoms with Crippen LogP contribution >= 0.6 is 0 Å². The van der Waals surface area contributed by atoms with E-state index >= 15 is 0 Å². The molecule has 1 aliphatic carbocycles. The average molecular weight is 263 g/mol. The summed E-state index contributed by atoms with van der Waals surface area (Å²) in [5, 5.41) is 3.27. The highest BCUT2D eigenvalue weighted by molar-refractivity contribution is 5.31. The van der Waals surface area contributed by atoms with Crippen LogP contribution in [0.2, 0.25) is 0 Å². The van der Waals surface area contributed by atoms with Gasteiger partial charge >= 0.3 is 0 Å². The molecule has 0 saturated heterocycles. The summed E-state index contributed by atoms with van der Waals surface area (Å²) in [6.07, 6.45) is 9.89. The predicted molar refractivity (Wildman–Crippen MR) is 78.6 cm³/mol. The summed E-state index contributed by atoms with van der Waals surface area (Å²) in [6.45, 7) is 7.17. The lowest BCUT2D eigenvalue weighted by Gasteiger charge is -2.33. The molecule has 19 heavy (non-hydrogen) atoms. The highest BCUT2D eigenvalue weighted by Gasteiger charge is 2.26. The monoisotopic (exact) mass is 263 g/mol. The number of anilines is 1. The van der Waals surface area contributed by atoms with Gasteiger partial charge in [0.25, 0.3) is 5.56 Å². The third-order valence-corrected chi connectivity index (χ3v) is 4.17. The molecule has 0 atom stereocenters. The molecule has 0 unspecified atom stereocenters. The molecule has 1 fully saturated rings. The first-order valence-corrected chi connectivity index (χ1v) is 7.33. The van der Waals surface area contributed by atoms with Crippen molar-refractivity contribution in [1.82, 2.24) is 9.55 Å². The first-order valence-electron chi connectivity index (χ1n) is 7.33. The van der Waals surface area contributed by atoms with Crippen LogP contribution in [0.4, 0.5) is 5.82 Å². The summed E-state index contributed by atoms with van der Waals surface area (Å²) in [5.41, 5.74) is 0.294. The summed E-state index contributed by atoms with van der Waals surface area (Å²) < 4.78 is 1.72. The van der Waals surface area contributed by atoms with Crippen molar-refractivity contribution >= 4 is 5.82 Å². The van der Waals surface area contributed by atoms with E-state index in [1.165, 1.54) is 32.1 Å². The van der Waals surface area contributed by atoms with Crippen molar-refractivity contribution in [3.8, 4) is 0 Å². The summed E-state index contributed by atoms with van der Waals surface area (Å²) >= 11 is 0. The lowest BCUT2D eigenvalue weighted by molar-refractivity contribution is 0.233. The molecule has 1 aromatic heterocycles. The van der Waals surface area contributed by atoms with E-state index in [-0.39, 0.29) is 11.6 Å². The van der Waals surface area contributed by atoms with Gasteiger partial charge in [-0.1, -0.05) is 26.2 Å². The Balaban J connectivity index is 2.07. The third-order valence-electron chi connectivity index (χ3n) is 4.17. The molecule has 2 rings (SSSR count). The molecule has 1 saturated carbocycles. The number of nitrogens with zero attached hydrogens (tertiary/aromatic N) is 2. The summed E-state index contributed by atoms with van der Waals surface area (Å²) in [7, 11) is 0. The van der Waals surface area contributed by atoms with Crippen LogP contribution in [-0.4, -0.2) is 16.1 Å². The Kier molecular flexibility index (Phi) is 4.27. The Morgan fingerprint density at radius 3 is 2.68 bits per heavy atom. The fourth-order valence-corrected chi connectivity index (χ4v) is 2.83. The first kappa shape index (κ1) is 14.1. The quantitative estimate of drug-likeness (QED) is 0.907. The van der Waals surface area contributed by atoms with Gasteiger partial charge in [-0.25, -0.2) is 4.98 Å². The summed E-state index contributed by atoms with van der Waals surface area (Å²) in [5.74, 6) is 0.489. The molecule has 0 bridgehead atoms. The van der Waals surface area contributed by atoms with Gasteiger partial charge in [-0.2, -0.15) is 0 Å². The molecule has 106 valence electrons. The maximum atomic E-state index is 12.2. The minimum atomic E-state index is -0.0168. The van der Waals surface area contributed by atoms with Crippen molar-refractivity contribution in [2.45, 2.75) is 58.9 Å². The van der Waals surface area contributed by atoms with Gasteiger partial charge in [0.15, 0.2) is 5.82 Å². The van der Waals surface area contributed by atoms with Gasteiger partial charge in [0.2, 0.25) is 0 Å². The smallest absolute Gasteiger partial charge is 0.293 e. The van der Waals surface area contributed by atoms with Gasteiger partial charge in [-0.05, 0) is 32.1 Å². The van der Waals surface area contributed by atoms with Gasteiger partial charge in [0, 0.05) is 25.0 Å². The van der Waals surface area contributed by atoms with E-state index in [1.807, 2.05) is 13.8 Å². The van der Waals surface area contributed by atoms with Crippen LogP contribution in [0, 0.1) is 5.41 Å². The number of hydrogen-bond donors (Lipinski definition) is 1. The van der Waals surface area contributed by atoms with E-state index in [1.54, 1.807) is 17.0 Å². The molecular formula is C15H25N3O. The largest absolute Gasteiger partial charge is 0.365 e. The molecule has 1 N–H and O–H groups in total. The zero-order valence-electron chi connectivity index (χ0n) is 12.3. The molecule has 1 heterocycles. The van der Waals surface area contributed by atoms with Gasteiger partial charge in [-0.15, -0.1) is 0 Å². The topological polar surface area (TPSA) is 46.9 Å². The number of hydrogen-bond acceptors (Lipinski definition) is 3. The Hall–Kier alpha value is -1.32. The second-order valence-electron chi connectivity index (χ2n) is 6.31. The van der Waals surface area contributed by atoms with E-state index < -0.39 is 0 Å². The molecule has 4 nitrogen and oxygen atoms in total. The summed E-state index contributed by atoms with van der Waals surface area (Å²) in [4.78, 5) is 16.4. The van der Waals surface area contributed by atoms with Crippen LogP contribution < -0.4 is 10.9 Å². The molecule has 0 spiro atoms. The fraction of sp³-hybridized carbons (Fsp3) is 0.733. The third kappa shape index (κ3) is 3.37. The number of aromatic nitrogens is 2. The lowest BCUT2D eigenvalue weighted by atomic mass is 9.76. The summed E-state index contributed by atoms with van der Waals surface area (Å²) in [6, 6.07) is 0.168. The van der Waals surface area contributed by atoms with Crippen LogP contribution in [0.25, 0.3) is 0 Å². The van der Waals surface area contributed by atoms with Crippen molar-refractivity contribution in [2.75, 3.05) is 11.9 Å². The molecule has 1 aromatic rings. The highest BCUT2D eigenvalue weighted by Crippen LogP contribution is 2.35. The van der Waals surface area contributed by atoms with Crippen LogP contribution in [0.5, 0.6) is 0 Å². The molecule has 4 heteroatoms. The highest BCUT2D eigenvalue weighted by atomic mass is 16.1. The number of nitrogens with one attached hydrogen (secondary N) is 1. The van der Waals surface area contributed by atoms with Crippen LogP contribution in [-0.2, 0) is 0 Å². The Morgan fingerprint density at radius 1 is 1.37 bits per heavy atom. The molecule has 0 amide bonds. The standard InChI is InChI=1S/C15H25N3O/c1-12(2)18-10-9-16-13(14(18)19)17-11-15(3)7-5-4-6-8-15/h9-10,12H,4-8,11H2,1-3H3,(H,16,17). The zero-order valence-corrected chi connectivity index (χ0v) is 12.3. The Labute approximate surface area is 115 Å². The minimum absolute atomic E-state index is 0.0168. The Morgan fingerprint density at radius 2 is 2.05 bits per heavy atom. The van der Waals surface area contributed by atoms with Crippen molar-refractivity contribution in [3.05, 3.63) is 22.7 Å². The van der Waals surface area contributed by atoms with Crippen molar-refractivity contribution in [2.24, 2.45) is 5.41 Å². The SMILES string of the molecule is CC(C)n1ccnc(NCC2(C)CCCCC2)c1=O. The van der Waals surface area contributed by atoms with Gasteiger partial charge < -0.3 is 9.88 Å². The Bertz CT molecular complexity index is 473. The number of rotatable bonds is 4. The lowest BCUT2D eigenvalue weighted by Crippen LogP contribution is -2.32. The van der Waals surface area contributed by atoms with Crippen LogP contribution in [0.3, 0.4) is 0 Å². The average Bonchev–Trinajstić information content (AvgIpc) is 2.38. The molecule has 0 radical (unpaired) electrons. The predicted octanol–water partition coefficient (Wildman–Crippen LogP) is 3.21. The van der Waals surface area contributed by atoms with E-state index in [4.69, 9.17) is 0 Å². The molecule has 0 aliphatic heterocycles. The van der Waals surface area contributed by atoms with Gasteiger partial charge in [0.05, 0.1) is 0 Å². The second-order valence-corrected chi connectivity index (χ2v) is 6.31. The molecule has 0 aromatic carbocycles. The minimum Gasteiger partial charge on any atom is -0.365 e. The first-order chi connectivity index (χ1) is 9.02. The van der Waals surface area contributed by atoms with Crippen molar-refractivity contribution < 1.29 is 0 Å².